The average Bonchev–Trinajstić information content (AvgIpc) is 3.17. The molecular formula is C22H27N5. The van der Waals surface area contributed by atoms with E-state index in [0.717, 1.165) is 29.6 Å². The molecule has 3 rings (SSSR count). The lowest BCUT2D eigenvalue weighted by molar-refractivity contribution is 0.694. The predicted molar refractivity (Wildman–Crippen MR) is 112 cm³/mol. The highest BCUT2D eigenvalue weighted by Crippen LogP contribution is 2.16. The topological polar surface area (TPSA) is 65.1 Å². The van der Waals surface area contributed by atoms with Crippen molar-refractivity contribution in [2.24, 2.45) is 4.99 Å². The van der Waals surface area contributed by atoms with E-state index in [4.69, 9.17) is 0 Å². The van der Waals surface area contributed by atoms with Crippen molar-refractivity contribution in [3.8, 4) is 11.3 Å². The van der Waals surface area contributed by atoms with E-state index in [-0.39, 0.29) is 0 Å². The molecule has 5 nitrogen and oxygen atoms in total. The van der Waals surface area contributed by atoms with Gasteiger partial charge in [-0.15, -0.1) is 0 Å². The first kappa shape index (κ1) is 18.7. The lowest BCUT2D eigenvalue weighted by atomic mass is 9.99. The quantitative estimate of drug-likeness (QED) is 0.461. The van der Waals surface area contributed by atoms with Crippen molar-refractivity contribution in [3.05, 3.63) is 77.7 Å². The SMILES string of the molecule is CN=C(NCc1ncc(-c2ccccc2)[nH]1)NCC(C)c1cccc(C)c1. The maximum Gasteiger partial charge on any atom is 0.191 e. The molecule has 1 heterocycles. The highest BCUT2D eigenvalue weighted by Gasteiger charge is 2.08. The van der Waals surface area contributed by atoms with Gasteiger partial charge >= 0.3 is 0 Å². The Morgan fingerprint density at radius 2 is 1.93 bits per heavy atom. The van der Waals surface area contributed by atoms with E-state index in [2.05, 4.69) is 75.8 Å². The Bertz CT molecular complexity index is 882. The van der Waals surface area contributed by atoms with Gasteiger partial charge in [-0.2, -0.15) is 0 Å². The second-order valence-electron chi connectivity index (χ2n) is 6.73. The van der Waals surface area contributed by atoms with Crippen LogP contribution in [-0.4, -0.2) is 29.5 Å². The van der Waals surface area contributed by atoms with Crippen LogP contribution in [0.2, 0.25) is 0 Å². The molecule has 0 saturated heterocycles. The molecule has 27 heavy (non-hydrogen) atoms. The third-order valence-electron chi connectivity index (χ3n) is 4.55. The summed E-state index contributed by atoms with van der Waals surface area (Å²) in [4.78, 5) is 12.1. The predicted octanol–water partition coefficient (Wildman–Crippen LogP) is 3.85. The van der Waals surface area contributed by atoms with E-state index in [1.807, 2.05) is 24.4 Å². The monoisotopic (exact) mass is 361 g/mol. The summed E-state index contributed by atoms with van der Waals surface area (Å²) in [5, 5.41) is 6.71. The molecule has 0 radical (unpaired) electrons. The van der Waals surface area contributed by atoms with Crippen LogP contribution in [0.15, 0.2) is 65.8 Å². The highest BCUT2D eigenvalue weighted by molar-refractivity contribution is 5.79. The molecular weight excluding hydrogens is 334 g/mol. The van der Waals surface area contributed by atoms with Gasteiger partial charge < -0.3 is 15.6 Å². The summed E-state index contributed by atoms with van der Waals surface area (Å²) >= 11 is 0. The number of guanidine groups is 1. The largest absolute Gasteiger partial charge is 0.356 e. The van der Waals surface area contributed by atoms with Gasteiger partial charge in [-0.3, -0.25) is 4.99 Å². The van der Waals surface area contributed by atoms with Crippen LogP contribution in [0.25, 0.3) is 11.3 Å². The van der Waals surface area contributed by atoms with Gasteiger partial charge in [-0.05, 0) is 24.0 Å². The molecule has 0 bridgehead atoms. The van der Waals surface area contributed by atoms with Crippen LogP contribution in [0.3, 0.4) is 0 Å². The Balaban J connectivity index is 1.52. The minimum Gasteiger partial charge on any atom is -0.356 e. The molecule has 0 aliphatic heterocycles. The zero-order chi connectivity index (χ0) is 19.1. The Kier molecular flexibility index (Phi) is 6.26. The van der Waals surface area contributed by atoms with Crippen molar-refractivity contribution in [2.45, 2.75) is 26.3 Å². The van der Waals surface area contributed by atoms with E-state index < -0.39 is 0 Å². The Hall–Kier alpha value is -3.08. The van der Waals surface area contributed by atoms with Gasteiger partial charge in [0.25, 0.3) is 0 Å². The van der Waals surface area contributed by atoms with Gasteiger partial charge in [0.05, 0.1) is 18.4 Å². The number of hydrogen-bond acceptors (Lipinski definition) is 2. The maximum absolute atomic E-state index is 4.45. The zero-order valence-electron chi connectivity index (χ0n) is 16.2. The van der Waals surface area contributed by atoms with E-state index >= 15 is 0 Å². The van der Waals surface area contributed by atoms with Crippen molar-refractivity contribution in [1.29, 1.82) is 0 Å². The second kappa shape index (κ2) is 9.03. The second-order valence-corrected chi connectivity index (χ2v) is 6.73. The lowest BCUT2D eigenvalue weighted by Crippen LogP contribution is -2.38. The number of H-pyrrole nitrogens is 1. The van der Waals surface area contributed by atoms with Crippen LogP contribution in [0.1, 0.15) is 29.8 Å². The average molecular weight is 361 g/mol. The zero-order valence-corrected chi connectivity index (χ0v) is 16.2. The first-order valence-corrected chi connectivity index (χ1v) is 9.26. The Labute approximate surface area is 161 Å². The van der Waals surface area contributed by atoms with Crippen molar-refractivity contribution in [3.63, 3.8) is 0 Å². The molecule has 0 aliphatic carbocycles. The van der Waals surface area contributed by atoms with E-state index in [1.54, 1.807) is 7.05 Å². The molecule has 3 N–H and O–H groups in total. The van der Waals surface area contributed by atoms with Crippen LogP contribution >= 0.6 is 0 Å². The van der Waals surface area contributed by atoms with Crippen molar-refractivity contribution in [2.75, 3.05) is 13.6 Å². The fraction of sp³-hybridized carbons (Fsp3) is 0.273. The number of nitrogens with zero attached hydrogens (tertiary/aromatic N) is 2. The molecule has 0 fully saturated rings. The number of aromatic nitrogens is 2. The summed E-state index contributed by atoms with van der Waals surface area (Å²) in [6.45, 7) is 5.74. The Morgan fingerprint density at radius 3 is 2.67 bits per heavy atom. The molecule has 140 valence electrons. The molecule has 1 unspecified atom stereocenters. The summed E-state index contributed by atoms with van der Waals surface area (Å²) in [6, 6.07) is 18.8. The summed E-state index contributed by atoms with van der Waals surface area (Å²) < 4.78 is 0. The number of hydrogen-bond donors (Lipinski definition) is 3. The number of rotatable bonds is 6. The number of aryl methyl sites for hydroxylation is 1. The minimum absolute atomic E-state index is 0.400. The van der Waals surface area contributed by atoms with Gasteiger partial charge in [0.1, 0.15) is 5.82 Å². The highest BCUT2D eigenvalue weighted by atomic mass is 15.2. The molecule has 1 aromatic heterocycles. The number of imidazole rings is 1. The molecule has 0 saturated carbocycles. The van der Waals surface area contributed by atoms with Crippen LogP contribution in [0.4, 0.5) is 0 Å². The van der Waals surface area contributed by atoms with Crippen LogP contribution < -0.4 is 10.6 Å². The standard InChI is InChI=1S/C22H27N5/c1-16-8-7-11-19(12-16)17(2)13-25-22(23-3)26-15-21-24-14-20(27-21)18-9-5-4-6-10-18/h4-12,14,17H,13,15H2,1-3H3,(H,24,27)(H2,23,25,26). The molecule has 5 heteroatoms. The molecule has 1 atom stereocenters. The van der Waals surface area contributed by atoms with Gasteiger partial charge in [0.2, 0.25) is 0 Å². The summed E-state index contributed by atoms with van der Waals surface area (Å²) in [7, 11) is 1.78. The van der Waals surface area contributed by atoms with E-state index in [9.17, 15) is 0 Å². The number of nitrogens with one attached hydrogen (secondary N) is 3. The molecule has 0 spiro atoms. The number of aromatic amines is 1. The summed E-state index contributed by atoms with van der Waals surface area (Å²) in [5.41, 5.74) is 4.76. The van der Waals surface area contributed by atoms with Crippen LogP contribution in [0.5, 0.6) is 0 Å². The summed E-state index contributed by atoms with van der Waals surface area (Å²) in [6.07, 6.45) is 1.86. The minimum atomic E-state index is 0.400. The van der Waals surface area contributed by atoms with Crippen molar-refractivity contribution in [1.82, 2.24) is 20.6 Å². The van der Waals surface area contributed by atoms with Crippen LogP contribution in [0, 0.1) is 6.92 Å². The fourth-order valence-corrected chi connectivity index (χ4v) is 2.95. The van der Waals surface area contributed by atoms with Crippen molar-refractivity contribution < 1.29 is 0 Å². The lowest BCUT2D eigenvalue weighted by Gasteiger charge is -2.16. The van der Waals surface area contributed by atoms with Gasteiger partial charge in [0, 0.05) is 13.6 Å². The van der Waals surface area contributed by atoms with Crippen LogP contribution in [-0.2, 0) is 6.54 Å². The first-order valence-electron chi connectivity index (χ1n) is 9.26. The fourth-order valence-electron chi connectivity index (χ4n) is 2.95. The third kappa shape index (κ3) is 5.20. The normalized spacial score (nSPS) is 12.6. The maximum atomic E-state index is 4.45. The van der Waals surface area contributed by atoms with Gasteiger partial charge in [0.15, 0.2) is 5.96 Å². The first-order chi connectivity index (χ1) is 13.2. The Morgan fingerprint density at radius 1 is 1.11 bits per heavy atom. The van der Waals surface area contributed by atoms with Crippen molar-refractivity contribution >= 4 is 5.96 Å². The number of benzene rings is 2. The molecule has 0 aliphatic rings. The molecule has 3 aromatic rings. The number of aliphatic imine (C=N–C) groups is 1. The van der Waals surface area contributed by atoms with E-state index in [0.29, 0.717) is 12.5 Å². The van der Waals surface area contributed by atoms with Gasteiger partial charge in [-0.1, -0.05) is 67.1 Å². The summed E-state index contributed by atoms with van der Waals surface area (Å²) in [5.74, 6) is 2.05. The third-order valence-corrected chi connectivity index (χ3v) is 4.55. The van der Waals surface area contributed by atoms with Gasteiger partial charge in [-0.25, -0.2) is 4.98 Å². The smallest absolute Gasteiger partial charge is 0.191 e. The molecule has 2 aromatic carbocycles. The van der Waals surface area contributed by atoms with E-state index in [1.165, 1.54) is 11.1 Å². The molecule has 0 amide bonds.